The van der Waals surface area contributed by atoms with Gasteiger partial charge in [-0.25, -0.2) is 4.79 Å². The molecule has 0 aromatic heterocycles. The summed E-state index contributed by atoms with van der Waals surface area (Å²) in [6.07, 6.45) is 8.31. The summed E-state index contributed by atoms with van der Waals surface area (Å²) < 4.78 is 0. The lowest BCUT2D eigenvalue weighted by Gasteiger charge is -2.28. The van der Waals surface area contributed by atoms with E-state index >= 15 is 0 Å². The minimum Gasteiger partial charge on any atom is -0.325 e. The number of piperidine rings is 1. The van der Waals surface area contributed by atoms with E-state index in [1.165, 1.54) is 30.4 Å². The molecule has 0 spiro atoms. The fraction of sp³-hybridized carbons (Fsp3) is 0.562. The average molecular weight is 258 g/mol. The van der Waals surface area contributed by atoms with Crippen LogP contribution in [-0.2, 0) is 12.8 Å². The van der Waals surface area contributed by atoms with Crippen molar-refractivity contribution in [1.29, 1.82) is 0 Å². The predicted octanol–water partition coefficient (Wildman–Crippen LogP) is 3.58. The Morgan fingerprint density at radius 2 is 1.79 bits per heavy atom. The van der Waals surface area contributed by atoms with Crippen molar-refractivity contribution in [2.75, 3.05) is 18.4 Å². The molecule has 3 heteroatoms. The SMILES string of the molecule is O=C(Nc1cccc2c1CCCC2)N1CCCCC1. The van der Waals surface area contributed by atoms with E-state index in [-0.39, 0.29) is 6.03 Å². The Labute approximate surface area is 115 Å². The van der Waals surface area contributed by atoms with Crippen molar-refractivity contribution >= 4 is 11.7 Å². The van der Waals surface area contributed by atoms with Crippen LogP contribution >= 0.6 is 0 Å². The van der Waals surface area contributed by atoms with Gasteiger partial charge >= 0.3 is 6.03 Å². The topological polar surface area (TPSA) is 32.3 Å². The maximum atomic E-state index is 12.3. The molecule has 1 aliphatic carbocycles. The number of aryl methyl sites for hydroxylation is 1. The van der Waals surface area contributed by atoms with Gasteiger partial charge in [-0.2, -0.15) is 0 Å². The molecule has 0 bridgehead atoms. The number of nitrogens with zero attached hydrogens (tertiary/aromatic N) is 1. The summed E-state index contributed by atoms with van der Waals surface area (Å²) in [6, 6.07) is 6.39. The first-order chi connectivity index (χ1) is 9.34. The number of amides is 2. The molecular weight excluding hydrogens is 236 g/mol. The molecule has 1 heterocycles. The first-order valence-electron chi connectivity index (χ1n) is 7.51. The number of rotatable bonds is 1. The largest absolute Gasteiger partial charge is 0.325 e. The van der Waals surface area contributed by atoms with Crippen LogP contribution in [0.15, 0.2) is 18.2 Å². The summed E-state index contributed by atoms with van der Waals surface area (Å²) in [6.45, 7) is 1.81. The molecule has 0 unspecified atom stereocenters. The molecule has 0 atom stereocenters. The highest BCUT2D eigenvalue weighted by Crippen LogP contribution is 2.28. The zero-order valence-electron chi connectivity index (χ0n) is 11.5. The van der Waals surface area contributed by atoms with E-state index in [0.29, 0.717) is 0 Å². The number of fused-ring (bicyclic) bond motifs is 1. The summed E-state index contributed by atoms with van der Waals surface area (Å²) in [5.41, 5.74) is 3.81. The quantitative estimate of drug-likeness (QED) is 0.820. The number of anilines is 1. The fourth-order valence-corrected chi connectivity index (χ4v) is 3.19. The van der Waals surface area contributed by atoms with Gasteiger partial charge in [-0.1, -0.05) is 12.1 Å². The van der Waals surface area contributed by atoms with E-state index in [9.17, 15) is 4.79 Å². The van der Waals surface area contributed by atoms with Gasteiger partial charge in [-0.3, -0.25) is 0 Å². The molecule has 3 rings (SSSR count). The average Bonchev–Trinajstić information content (AvgIpc) is 2.48. The number of likely N-dealkylation sites (tertiary alicyclic amines) is 1. The van der Waals surface area contributed by atoms with E-state index in [4.69, 9.17) is 0 Å². The van der Waals surface area contributed by atoms with Crippen LogP contribution in [0.2, 0.25) is 0 Å². The number of carbonyl (C=O) groups is 1. The lowest BCUT2D eigenvalue weighted by atomic mass is 9.90. The first-order valence-corrected chi connectivity index (χ1v) is 7.51. The lowest BCUT2D eigenvalue weighted by Crippen LogP contribution is -2.38. The fourth-order valence-electron chi connectivity index (χ4n) is 3.19. The molecule has 1 N–H and O–H groups in total. The number of hydrogen-bond acceptors (Lipinski definition) is 1. The van der Waals surface area contributed by atoms with Crippen molar-refractivity contribution in [3.8, 4) is 0 Å². The van der Waals surface area contributed by atoms with Crippen LogP contribution in [-0.4, -0.2) is 24.0 Å². The smallest absolute Gasteiger partial charge is 0.321 e. The standard InChI is InChI=1S/C16H22N2O/c19-16(18-11-4-1-5-12-18)17-15-10-6-8-13-7-2-3-9-14(13)15/h6,8,10H,1-5,7,9,11-12H2,(H,17,19). The first kappa shape index (κ1) is 12.5. The van der Waals surface area contributed by atoms with E-state index < -0.39 is 0 Å². The highest BCUT2D eigenvalue weighted by atomic mass is 16.2. The Morgan fingerprint density at radius 3 is 2.63 bits per heavy atom. The van der Waals surface area contributed by atoms with Crippen molar-refractivity contribution in [3.05, 3.63) is 29.3 Å². The maximum Gasteiger partial charge on any atom is 0.321 e. The van der Waals surface area contributed by atoms with E-state index in [1.807, 2.05) is 11.0 Å². The number of hydrogen-bond donors (Lipinski definition) is 1. The molecule has 1 fully saturated rings. The van der Waals surface area contributed by atoms with Crippen molar-refractivity contribution in [2.24, 2.45) is 0 Å². The molecule has 102 valence electrons. The third kappa shape index (κ3) is 2.75. The molecule has 19 heavy (non-hydrogen) atoms. The predicted molar refractivity (Wildman–Crippen MR) is 77.5 cm³/mol. The zero-order chi connectivity index (χ0) is 13.1. The van der Waals surface area contributed by atoms with Crippen LogP contribution in [0.5, 0.6) is 0 Å². The number of benzene rings is 1. The summed E-state index contributed by atoms with van der Waals surface area (Å²) in [7, 11) is 0. The lowest BCUT2D eigenvalue weighted by molar-refractivity contribution is 0.200. The number of urea groups is 1. The maximum absolute atomic E-state index is 12.3. The molecule has 1 aromatic rings. The molecule has 1 aliphatic heterocycles. The van der Waals surface area contributed by atoms with E-state index in [2.05, 4.69) is 17.4 Å². The van der Waals surface area contributed by atoms with Crippen LogP contribution in [0, 0.1) is 0 Å². The molecule has 1 aromatic carbocycles. The van der Waals surface area contributed by atoms with Gasteiger partial charge < -0.3 is 10.2 Å². The second kappa shape index (κ2) is 5.64. The Kier molecular flexibility index (Phi) is 3.72. The summed E-state index contributed by atoms with van der Waals surface area (Å²) >= 11 is 0. The minimum atomic E-state index is 0.0821. The number of carbonyl (C=O) groups excluding carboxylic acids is 1. The Hall–Kier alpha value is -1.51. The zero-order valence-corrected chi connectivity index (χ0v) is 11.5. The molecule has 2 aliphatic rings. The van der Waals surface area contributed by atoms with Gasteiger partial charge in [0.05, 0.1) is 0 Å². The molecule has 0 saturated carbocycles. The van der Waals surface area contributed by atoms with Crippen LogP contribution < -0.4 is 5.32 Å². The summed E-state index contributed by atoms with van der Waals surface area (Å²) in [5.74, 6) is 0. The van der Waals surface area contributed by atoms with Crippen molar-refractivity contribution < 1.29 is 4.79 Å². The van der Waals surface area contributed by atoms with Crippen molar-refractivity contribution in [1.82, 2.24) is 4.90 Å². The third-order valence-corrected chi connectivity index (χ3v) is 4.28. The van der Waals surface area contributed by atoms with Crippen LogP contribution in [0.25, 0.3) is 0 Å². The van der Waals surface area contributed by atoms with E-state index in [1.54, 1.807) is 0 Å². The second-order valence-electron chi connectivity index (χ2n) is 5.63. The molecule has 1 saturated heterocycles. The highest BCUT2D eigenvalue weighted by molar-refractivity contribution is 5.90. The normalized spacial score (nSPS) is 18.8. The number of nitrogens with one attached hydrogen (secondary N) is 1. The highest BCUT2D eigenvalue weighted by Gasteiger charge is 2.19. The molecular formula is C16H22N2O. The summed E-state index contributed by atoms with van der Waals surface area (Å²) in [4.78, 5) is 14.2. The van der Waals surface area contributed by atoms with Gasteiger partial charge in [0.2, 0.25) is 0 Å². The molecule has 2 amide bonds. The van der Waals surface area contributed by atoms with Gasteiger partial charge in [0.25, 0.3) is 0 Å². The van der Waals surface area contributed by atoms with Crippen LogP contribution in [0.1, 0.15) is 43.2 Å². The van der Waals surface area contributed by atoms with Gasteiger partial charge in [-0.05, 0) is 62.1 Å². The monoisotopic (exact) mass is 258 g/mol. The van der Waals surface area contributed by atoms with Gasteiger partial charge in [0, 0.05) is 18.8 Å². The minimum absolute atomic E-state index is 0.0821. The van der Waals surface area contributed by atoms with Crippen LogP contribution in [0.3, 0.4) is 0 Å². The van der Waals surface area contributed by atoms with Crippen molar-refractivity contribution in [3.63, 3.8) is 0 Å². The Bertz CT molecular complexity index is 464. The molecule has 3 nitrogen and oxygen atoms in total. The Balaban J connectivity index is 1.74. The van der Waals surface area contributed by atoms with Gasteiger partial charge in [0.15, 0.2) is 0 Å². The van der Waals surface area contributed by atoms with Crippen LogP contribution in [0.4, 0.5) is 10.5 Å². The Morgan fingerprint density at radius 1 is 1.00 bits per heavy atom. The second-order valence-corrected chi connectivity index (χ2v) is 5.63. The van der Waals surface area contributed by atoms with E-state index in [0.717, 1.165) is 44.5 Å². The third-order valence-electron chi connectivity index (χ3n) is 4.28. The summed E-state index contributed by atoms with van der Waals surface area (Å²) in [5, 5.41) is 3.13. The van der Waals surface area contributed by atoms with Gasteiger partial charge in [0.1, 0.15) is 0 Å². The van der Waals surface area contributed by atoms with Crippen molar-refractivity contribution in [2.45, 2.75) is 44.9 Å². The molecule has 0 radical (unpaired) electrons. The van der Waals surface area contributed by atoms with Gasteiger partial charge in [-0.15, -0.1) is 0 Å².